The molecule has 2 unspecified atom stereocenters. The lowest BCUT2D eigenvalue weighted by atomic mass is 9.81. The molecule has 1 aliphatic heterocycles. The van der Waals surface area contributed by atoms with E-state index >= 15 is 0 Å². The molecule has 2 atom stereocenters. The molecule has 2 aromatic carbocycles. The topological polar surface area (TPSA) is 118 Å². The molecule has 3 aromatic rings. The molecule has 3 N–H and O–H groups in total. The lowest BCUT2D eigenvalue weighted by molar-refractivity contribution is -0.102. The van der Waals surface area contributed by atoms with Crippen LogP contribution in [0.1, 0.15) is 84.7 Å². The fourth-order valence-electron chi connectivity index (χ4n) is 7.18. The van der Waals surface area contributed by atoms with Gasteiger partial charge in [-0.15, -0.1) is 0 Å². The Hall–Kier alpha value is -2.88. The molecule has 3 aliphatic carbocycles. The predicted molar refractivity (Wildman–Crippen MR) is 147 cm³/mol. The standard InChI is InChI=1S/C30H34N2O6S/c1-38-19-8-12-21-23(14-19)24-15-30(24,29(34)35)16-32-25-13-18(28(33)31-39(36,37)20-9-10-20)7-11-22(25)26(27(21)32)17-5-3-2-4-6-17/h7-8,11-14,17,20,24,29,34-35H,2-6,9-10,15-16H2,1H3,(H,31,33). The monoisotopic (exact) mass is 550 g/mol. The second kappa shape index (κ2) is 8.81. The number of hydrogen-bond donors (Lipinski definition) is 3. The summed E-state index contributed by atoms with van der Waals surface area (Å²) >= 11 is 0. The van der Waals surface area contributed by atoms with Crippen molar-refractivity contribution in [3.63, 3.8) is 0 Å². The van der Waals surface area contributed by atoms with E-state index in [1.807, 2.05) is 18.2 Å². The van der Waals surface area contributed by atoms with E-state index in [9.17, 15) is 23.4 Å². The Labute approximate surface area is 228 Å². The molecule has 0 bridgehead atoms. The molecule has 0 saturated heterocycles. The van der Waals surface area contributed by atoms with Crippen molar-refractivity contribution in [2.75, 3.05) is 7.11 Å². The van der Waals surface area contributed by atoms with Crippen molar-refractivity contribution >= 4 is 26.8 Å². The first-order valence-electron chi connectivity index (χ1n) is 14.0. The summed E-state index contributed by atoms with van der Waals surface area (Å²) in [4.78, 5) is 13.1. The second-order valence-corrected chi connectivity index (χ2v) is 13.9. The summed E-state index contributed by atoms with van der Waals surface area (Å²) in [6.45, 7) is 0.399. The third-order valence-corrected chi connectivity index (χ3v) is 11.4. The zero-order valence-corrected chi connectivity index (χ0v) is 22.8. The quantitative estimate of drug-likeness (QED) is 0.392. The van der Waals surface area contributed by atoms with Gasteiger partial charge in [-0.2, -0.15) is 0 Å². The SMILES string of the molecule is COc1ccc2c(c1)C1CC1(C(O)O)Cn1c-2c(C2CCCCC2)c2ccc(C(=O)NS(=O)(=O)C3CC3)cc21. The number of methoxy groups -OCH3 is 1. The number of amides is 1. The van der Waals surface area contributed by atoms with E-state index in [1.165, 1.54) is 12.0 Å². The van der Waals surface area contributed by atoms with Gasteiger partial charge in [0, 0.05) is 34.0 Å². The molecule has 3 saturated carbocycles. The van der Waals surface area contributed by atoms with E-state index in [1.54, 1.807) is 19.2 Å². The average molecular weight is 551 g/mol. The lowest BCUT2D eigenvalue weighted by Crippen LogP contribution is -2.33. The molecule has 8 nitrogen and oxygen atoms in total. The molecular weight excluding hydrogens is 516 g/mol. The number of carbonyl (C=O) groups excluding carboxylic acids is 1. The van der Waals surface area contributed by atoms with E-state index < -0.39 is 32.9 Å². The van der Waals surface area contributed by atoms with Gasteiger partial charge < -0.3 is 19.5 Å². The van der Waals surface area contributed by atoms with E-state index in [2.05, 4.69) is 15.4 Å². The number of aromatic nitrogens is 1. The molecule has 9 heteroatoms. The normalized spacial score (nSPS) is 24.6. The zero-order chi connectivity index (χ0) is 27.1. The van der Waals surface area contributed by atoms with Crippen LogP contribution in [0.3, 0.4) is 0 Å². The fourth-order valence-corrected chi connectivity index (χ4v) is 8.47. The Morgan fingerprint density at radius 2 is 1.85 bits per heavy atom. The summed E-state index contributed by atoms with van der Waals surface area (Å²) in [6, 6.07) is 11.5. The maximum Gasteiger partial charge on any atom is 0.264 e. The number of sulfonamides is 1. The molecule has 1 aromatic heterocycles. The van der Waals surface area contributed by atoms with Crippen LogP contribution in [0.15, 0.2) is 36.4 Å². The highest BCUT2D eigenvalue weighted by molar-refractivity contribution is 7.91. The van der Waals surface area contributed by atoms with Crippen LogP contribution in [0.25, 0.3) is 22.2 Å². The molecular formula is C30H34N2O6S. The summed E-state index contributed by atoms with van der Waals surface area (Å²) < 4.78 is 34.9. The van der Waals surface area contributed by atoms with E-state index in [4.69, 9.17) is 4.74 Å². The van der Waals surface area contributed by atoms with Gasteiger partial charge in [-0.1, -0.05) is 25.3 Å². The Bertz CT molecular complexity index is 1600. The van der Waals surface area contributed by atoms with Crippen LogP contribution in [0.4, 0.5) is 0 Å². The summed E-state index contributed by atoms with van der Waals surface area (Å²) in [6.07, 6.45) is 6.00. The van der Waals surface area contributed by atoms with Crippen molar-refractivity contribution in [1.29, 1.82) is 0 Å². The molecule has 0 spiro atoms. The van der Waals surface area contributed by atoms with Crippen LogP contribution in [-0.2, 0) is 16.6 Å². The Morgan fingerprint density at radius 1 is 1.08 bits per heavy atom. The molecule has 0 radical (unpaired) electrons. The summed E-state index contributed by atoms with van der Waals surface area (Å²) in [5.74, 6) is 0.443. The van der Waals surface area contributed by atoms with Crippen molar-refractivity contribution in [3.8, 4) is 17.0 Å². The minimum absolute atomic E-state index is 0.0214. The van der Waals surface area contributed by atoms with Crippen LogP contribution >= 0.6 is 0 Å². The maximum atomic E-state index is 13.1. The number of aliphatic hydroxyl groups excluding tert-OH is 1. The third kappa shape index (κ3) is 3.92. The van der Waals surface area contributed by atoms with Crippen molar-refractivity contribution in [2.45, 2.75) is 81.3 Å². The zero-order valence-electron chi connectivity index (χ0n) is 22.0. The minimum Gasteiger partial charge on any atom is -0.497 e. The van der Waals surface area contributed by atoms with Gasteiger partial charge in [0.2, 0.25) is 10.0 Å². The van der Waals surface area contributed by atoms with Gasteiger partial charge in [0.1, 0.15) is 5.75 Å². The van der Waals surface area contributed by atoms with Crippen molar-refractivity contribution in [3.05, 3.63) is 53.1 Å². The molecule has 206 valence electrons. The van der Waals surface area contributed by atoms with Crippen LogP contribution in [0, 0.1) is 5.41 Å². The average Bonchev–Trinajstić information content (AvgIpc) is 3.84. The van der Waals surface area contributed by atoms with Gasteiger partial charge in [0.15, 0.2) is 6.29 Å². The van der Waals surface area contributed by atoms with Crippen molar-refractivity contribution < 1.29 is 28.2 Å². The van der Waals surface area contributed by atoms with Gasteiger partial charge in [0.05, 0.1) is 18.1 Å². The minimum atomic E-state index is -3.68. The highest BCUT2D eigenvalue weighted by atomic mass is 32.2. The van der Waals surface area contributed by atoms with Gasteiger partial charge in [-0.3, -0.25) is 4.79 Å². The van der Waals surface area contributed by atoms with E-state index in [-0.39, 0.29) is 11.5 Å². The second-order valence-electron chi connectivity index (χ2n) is 11.9. The van der Waals surface area contributed by atoms with Gasteiger partial charge >= 0.3 is 0 Å². The molecule has 4 aliphatic rings. The van der Waals surface area contributed by atoms with Crippen molar-refractivity contribution in [2.24, 2.45) is 5.41 Å². The molecule has 3 fully saturated rings. The molecule has 7 rings (SSSR count). The Kier molecular flexibility index (Phi) is 5.67. The molecule has 1 amide bonds. The lowest BCUT2D eigenvalue weighted by Gasteiger charge is -2.24. The number of aliphatic hydroxyl groups is 2. The summed E-state index contributed by atoms with van der Waals surface area (Å²) in [5.41, 5.74) is 4.83. The number of ether oxygens (including phenoxy) is 1. The smallest absolute Gasteiger partial charge is 0.264 e. The van der Waals surface area contributed by atoms with E-state index in [0.717, 1.165) is 59.2 Å². The number of nitrogens with zero attached hydrogens (tertiary/aromatic N) is 1. The fraction of sp³-hybridized carbons (Fsp3) is 0.500. The molecule has 2 heterocycles. The number of rotatable bonds is 6. The summed E-state index contributed by atoms with van der Waals surface area (Å²) in [7, 11) is -2.04. The van der Waals surface area contributed by atoms with Gasteiger partial charge in [-0.05, 0) is 85.4 Å². The highest BCUT2D eigenvalue weighted by Crippen LogP contribution is 2.66. The first-order chi connectivity index (χ1) is 18.7. The Morgan fingerprint density at radius 3 is 2.54 bits per heavy atom. The van der Waals surface area contributed by atoms with Crippen molar-refractivity contribution in [1.82, 2.24) is 9.29 Å². The van der Waals surface area contributed by atoms with Crippen LogP contribution in [0.5, 0.6) is 5.75 Å². The third-order valence-electron chi connectivity index (χ3n) is 9.55. The first-order valence-corrected chi connectivity index (χ1v) is 15.5. The molecule has 39 heavy (non-hydrogen) atoms. The Balaban J connectivity index is 1.45. The largest absolute Gasteiger partial charge is 0.497 e. The number of fused-ring (bicyclic) bond motifs is 7. The van der Waals surface area contributed by atoms with Gasteiger partial charge in [0.25, 0.3) is 5.91 Å². The van der Waals surface area contributed by atoms with Crippen LogP contribution in [0.2, 0.25) is 0 Å². The maximum absolute atomic E-state index is 13.1. The summed E-state index contributed by atoms with van der Waals surface area (Å²) in [5, 5.41) is 21.8. The van der Waals surface area contributed by atoms with Gasteiger partial charge in [-0.25, -0.2) is 13.1 Å². The number of benzene rings is 2. The van der Waals surface area contributed by atoms with Crippen LogP contribution < -0.4 is 9.46 Å². The number of carbonyl (C=O) groups is 1. The van der Waals surface area contributed by atoms with E-state index in [0.29, 0.717) is 31.7 Å². The number of nitrogens with one attached hydrogen (secondary N) is 1. The first kappa shape index (κ1) is 25.1. The van der Waals surface area contributed by atoms with Crippen LogP contribution in [-0.4, -0.2) is 47.8 Å². The number of hydrogen-bond acceptors (Lipinski definition) is 6. The predicted octanol–water partition coefficient (Wildman–Crippen LogP) is 4.38. The highest BCUT2D eigenvalue weighted by Gasteiger charge is 2.61.